The van der Waals surface area contributed by atoms with Gasteiger partial charge >= 0.3 is 0 Å². The van der Waals surface area contributed by atoms with Gasteiger partial charge in [0.25, 0.3) is 0 Å². The third-order valence-corrected chi connectivity index (χ3v) is 2.68. The summed E-state index contributed by atoms with van der Waals surface area (Å²) in [6, 6.07) is 2.00. The van der Waals surface area contributed by atoms with E-state index in [0.717, 1.165) is 11.6 Å². The van der Waals surface area contributed by atoms with Gasteiger partial charge in [0.1, 0.15) is 6.10 Å². The van der Waals surface area contributed by atoms with Crippen molar-refractivity contribution in [2.75, 3.05) is 0 Å². The number of aromatic nitrogens is 2. The van der Waals surface area contributed by atoms with Crippen molar-refractivity contribution in [3.8, 4) is 5.88 Å². The van der Waals surface area contributed by atoms with Gasteiger partial charge in [-0.1, -0.05) is 0 Å². The monoisotopic (exact) mass is 180 g/mol. The second-order valence-corrected chi connectivity index (χ2v) is 3.77. The average Bonchev–Trinajstić information content (AvgIpc) is 2.64. The molecule has 3 nitrogen and oxygen atoms in total. The summed E-state index contributed by atoms with van der Waals surface area (Å²) in [5.41, 5.74) is 1.15. The molecular weight excluding hydrogens is 164 g/mol. The van der Waals surface area contributed by atoms with E-state index in [0.29, 0.717) is 6.10 Å². The Morgan fingerprint density at radius 3 is 2.69 bits per heavy atom. The van der Waals surface area contributed by atoms with E-state index in [4.69, 9.17) is 4.74 Å². The summed E-state index contributed by atoms with van der Waals surface area (Å²) in [6.45, 7) is 2.04. The van der Waals surface area contributed by atoms with Crippen molar-refractivity contribution in [2.24, 2.45) is 7.05 Å². The highest BCUT2D eigenvalue weighted by atomic mass is 16.5. The summed E-state index contributed by atoms with van der Waals surface area (Å²) in [6.07, 6.45) is 5.40. The van der Waals surface area contributed by atoms with E-state index in [2.05, 4.69) is 5.10 Å². The Kier molecular flexibility index (Phi) is 2.25. The van der Waals surface area contributed by atoms with Gasteiger partial charge in [-0.25, -0.2) is 0 Å². The Labute approximate surface area is 78.7 Å². The molecule has 13 heavy (non-hydrogen) atoms. The number of aryl methyl sites for hydroxylation is 2. The van der Waals surface area contributed by atoms with Crippen LogP contribution in [0.3, 0.4) is 0 Å². The predicted octanol–water partition coefficient (Wildman–Crippen LogP) is 2.05. The lowest BCUT2D eigenvalue weighted by Crippen LogP contribution is -2.11. The zero-order valence-electron chi connectivity index (χ0n) is 8.29. The van der Waals surface area contributed by atoms with E-state index in [-0.39, 0.29) is 0 Å². The van der Waals surface area contributed by atoms with Crippen LogP contribution in [0.25, 0.3) is 0 Å². The molecule has 72 valence electrons. The molecule has 1 aromatic heterocycles. The summed E-state index contributed by atoms with van der Waals surface area (Å²) in [7, 11) is 1.94. The Morgan fingerprint density at radius 1 is 1.46 bits per heavy atom. The fraction of sp³-hybridized carbons (Fsp3) is 0.700. The van der Waals surface area contributed by atoms with E-state index >= 15 is 0 Å². The summed E-state index contributed by atoms with van der Waals surface area (Å²) >= 11 is 0. The predicted molar refractivity (Wildman–Crippen MR) is 50.8 cm³/mol. The Morgan fingerprint density at radius 2 is 2.15 bits per heavy atom. The van der Waals surface area contributed by atoms with Crippen LogP contribution in [0, 0.1) is 6.92 Å². The standard InChI is InChI=1S/C10H16N2O/c1-8-7-10(11-12(8)2)13-9-5-3-4-6-9/h7,9H,3-6H2,1-2H3. The molecule has 2 rings (SSSR count). The first-order chi connectivity index (χ1) is 6.25. The number of rotatable bonds is 2. The Hall–Kier alpha value is -0.990. The molecular formula is C10H16N2O. The Balaban J connectivity index is 2.00. The zero-order chi connectivity index (χ0) is 9.26. The lowest BCUT2D eigenvalue weighted by molar-refractivity contribution is 0.200. The minimum absolute atomic E-state index is 0.411. The molecule has 0 bridgehead atoms. The second-order valence-electron chi connectivity index (χ2n) is 3.77. The fourth-order valence-corrected chi connectivity index (χ4v) is 1.76. The van der Waals surface area contributed by atoms with Crippen LogP contribution < -0.4 is 4.74 Å². The SMILES string of the molecule is Cc1cc(OC2CCCC2)nn1C. The number of hydrogen-bond acceptors (Lipinski definition) is 2. The summed E-state index contributed by atoms with van der Waals surface area (Å²) < 4.78 is 7.60. The van der Waals surface area contributed by atoms with Crippen LogP contribution in [0.5, 0.6) is 5.88 Å². The first kappa shape index (κ1) is 8.60. The summed E-state index contributed by atoms with van der Waals surface area (Å²) in [5, 5.41) is 4.27. The van der Waals surface area contributed by atoms with E-state index in [1.54, 1.807) is 0 Å². The second kappa shape index (κ2) is 3.40. The van der Waals surface area contributed by atoms with Gasteiger partial charge in [-0.15, -0.1) is 5.10 Å². The Bertz CT molecular complexity index is 268. The number of hydrogen-bond donors (Lipinski definition) is 0. The topological polar surface area (TPSA) is 27.1 Å². The molecule has 1 heterocycles. The largest absolute Gasteiger partial charge is 0.473 e. The summed E-state index contributed by atoms with van der Waals surface area (Å²) in [4.78, 5) is 0. The van der Waals surface area contributed by atoms with E-state index in [1.807, 2.05) is 24.7 Å². The molecule has 0 saturated heterocycles. The molecule has 0 aliphatic heterocycles. The number of ether oxygens (including phenoxy) is 1. The van der Waals surface area contributed by atoms with Gasteiger partial charge in [0.15, 0.2) is 0 Å². The molecule has 3 heteroatoms. The van der Waals surface area contributed by atoms with Crippen molar-refractivity contribution < 1.29 is 4.74 Å². The molecule has 0 atom stereocenters. The average molecular weight is 180 g/mol. The quantitative estimate of drug-likeness (QED) is 0.696. The minimum Gasteiger partial charge on any atom is -0.473 e. The van der Waals surface area contributed by atoms with Gasteiger partial charge < -0.3 is 4.74 Å². The van der Waals surface area contributed by atoms with Crippen LogP contribution in [0.15, 0.2) is 6.07 Å². The third-order valence-electron chi connectivity index (χ3n) is 2.68. The highest BCUT2D eigenvalue weighted by Crippen LogP contribution is 2.23. The minimum atomic E-state index is 0.411. The van der Waals surface area contributed by atoms with Crippen LogP contribution in [0.2, 0.25) is 0 Å². The maximum atomic E-state index is 5.74. The van der Waals surface area contributed by atoms with Gasteiger partial charge in [-0.3, -0.25) is 4.68 Å². The summed E-state index contributed by atoms with van der Waals surface area (Å²) in [5.74, 6) is 0.784. The highest BCUT2D eigenvalue weighted by Gasteiger charge is 2.17. The van der Waals surface area contributed by atoms with Gasteiger partial charge in [0, 0.05) is 18.8 Å². The number of nitrogens with zero attached hydrogens (tertiary/aromatic N) is 2. The highest BCUT2D eigenvalue weighted by molar-refractivity contribution is 5.14. The van der Waals surface area contributed by atoms with Gasteiger partial charge in [-0.05, 0) is 32.6 Å². The van der Waals surface area contributed by atoms with Crippen molar-refractivity contribution >= 4 is 0 Å². The molecule has 0 amide bonds. The van der Waals surface area contributed by atoms with Crippen LogP contribution in [-0.4, -0.2) is 15.9 Å². The lowest BCUT2D eigenvalue weighted by Gasteiger charge is -2.08. The lowest BCUT2D eigenvalue weighted by atomic mass is 10.3. The molecule has 0 N–H and O–H groups in total. The van der Waals surface area contributed by atoms with Gasteiger partial charge in [0.2, 0.25) is 5.88 Å². The maximum Gasteiger partial charge on any atom is 0.233 e. The first-order valence-electron chi connectivity index (χ1n) is 4.93. The molecule has 1 aliphatic rings. The zero-order valence-corrected chi connectivity index (χ0v) is 8.29. The van der Waals surface area contributed by atoms with Crippen LogP contribution in [0.1, 0.15) is 31.4 Å². The van der Waals surface area contributed by atoms with E-state index < -0.39 is 0 Å². The normalized spacial score (nSPS) is 18.0. The molecule has 0 unspecified atom stereocenters. The van der Waals surface area contributed by atoms with Crippen LogP contribution >= 0.6 is 0 Å². The van der Waals surface area contributed by atoms with Gasteiger partial charge in [-0.2, -0.15) is 0 Å². The van der Waals surface area contributed by atoms with Gasteiger partial charge in [0.05, 0.1) is 0 Å². The smallest absolute Gasteiger partial charge is 0.233 e. The van der Waals surface area contributed by atoms with E-state index in [9.17, 15) is 0 Å². The molecule has 1 aromatic rings. The fourth-order valence-electron chi connectivity index (χ4n) is 1.76. The maximum absolute atomic E-state index is 5.74. The van der Waals surface area contributed by atoms with Crippen molar-refractivity contribution in [3.63, 3.8) is 0 Å². The first-order valence-corrected chi connectivity index (χ1v) is 4.93. The van der Waals surface area contributed by atoms with Crippen molar-refractivity contribution in [3.05, 3.63) is 11.8 Å². The molecule has 1 fully saturated rings. The molecule has 0 aromatic carbocycles. The van der Waals surface area contributed by atoms with Crippen LogP contribution in [-0.2, 0) is 7.05 Å². The third kappa shape index (κ3) is 1.85. The molecule has 1 saturated carbocycles. The van der Waals surface area contributed by atoms with Crippen LogP contribution in [0.4, 0.5) is 0 Å². The molecule has 1 aliphatic carbocycles. The van der Waals surface area contributed by atoms with Crippen molar-refractivity contribution in [1.29, 1.82) is 0 Å². The molecule has 0 spiro atoms. The van der Waals surface area contributed by atoms with Crippen molar-refractivity contribution in [2.45, 2.75) is 38.7 Å². The van der Waals surface area contributed by atoms with Crippen molar-refractivity contribution in [1.82, 2.24) is 9.78 Å². The molecule has 0 radical (unpaired) electrons. The van der Waals surface area contributed by atoms with E-state index in [1.165, 1.54) is 25.7 Å².